The number of nitrogens with zero attached hydrogens (tertiary/aromatic N) is 5. The van der Waals surface area contributed by atoms with Crippen LogP contribution in [0, 0.1) is 13.8 Å². The third-order valence-electron chi connectivity index (χ3n) is 5.55. The Morgan fingerprint density at radius 2 is 1.85 bits per heavy atom. The molecule has 0 bridgehead atoms. The van der Waals surface area contributed by atoms with Gasteiger partial charge in [0.25, 0.3) is 5.91 Å². The van der Waals surface area contributed by atoms with E-state index in [1.807, 2.05) is 65.1 Å². The van der Waals surface area contributed by atoms with E-state index in [1.165, 1.54) is 0 Å². The number of rotatable bonds is 6. The minimum absolute atomic E-state index is 0.0775. The molecular formula is C24H27N7O2. The molecule has 0 radical (unpaired) electrons. The standard InChI is InChI=1S/C24H27N7O2/c1-14(2)31-23-19(12-26-31)18(11-20(27-23)17-9-7-6-8-10-17)24(33)25-13-21(32)28-22-15(3)29-30(5)16(22)4/h6-12,14H,13H2,1-5H3,(H,25,33)(H,28,32). The van der Waals surface area contributed by atoms with Crippen LogP contribution in [0.15, 0.2) is 42.6 Å². The molecule has 0 aliphatic carbocycles. The van der Waals surface area contributed by atoms with Gasteiger partial charge in [-0.25, -0.2) is 9.67 Å². The molecule has 9 nitrogen and oxygen atoms in total. The number of benzene rings is 1. The van der Waals surface area contributed by atoms with Gasteiger partial charge in [0.2, 0.25) is 5.91 Å². The highest BCUT2D eigenvalue weighted by atomic mass is 16.2. The van der Waals surface area contributed by atoms with E-state index in [9.17, 15) is 9.59 Å². The van der Waals surface area contributed by atoms with Crippen molar-refractivity contribution in [3.8, 4) is 11.3 Å². The van der Waals surface area contributed by atoms with E-state index in [0.29, 0.717) is 28.0 Å². The summed E-state index contributed by atoms with van der Waals surface area (Å²) in [6.45, 7) is 7.55. The molecule has 2 N–H and O–H groups in total. The zero-order valence-electron chi connectivity index (χ0n) is 19.4. The average Bonchev–Trinajstić information content (AvgIpc) is 3.33. The summed E-state index contributed by atoms with van der Waals surface area (Å²) >= 11 is 0. The highest BCUT2D eigenvalue weighted by Gasteiger charge is 2.19. The van der Waals surface area contributed by atoms with Crippen LogP contribution in [-0.4, -0.2) is 42.9 Å². The number of aromatic nitrogens is 5. The van der Waals surface area contributed by atoms with Crippen molar-refractivity contribution in [1.82, 2.24) is 29.9 Å². The fraction of sp³-hybridized carbons (Fsp3) is 0.292. The second-order valence-electron chi connectivity index (χ2n) is 8.24. The smallest absolute Gasteiger partial charge is 0.252 e. The van der Waals surface area contributed by atoms with Gasteiger partial charge in [-0.15, -0.1) is 0 Å². The van der Waals surface area contributed by atoms with Gasteiger partial charge in [0.05, 0.1) is 46.5 Å². The Balaban J connectivity index is 1.61. The molecule has 0 fully saturated rings. The SMILES string of the molecule is Cc1nn(C)c(C)c1NC(=O)CNC(=O)c1cc(-c2ccccc2)nc2c1cnn2C(C)C. The van der Waals surface area contributed by atoms with E-state index in [-0.39, 0.29) is 24.4 Å². The van der Waals surface area contributed by atoms with Crippen LogP contribution in [0.3, 0.4) is 0 Å². The molecule has 2 amide bonds. The molecular weight excluding hydrogens is 418 g/mol. The third kappa shape index (κ3) is 4.34. The summed E-state index contributed by atoms with van der Waals surface area (Å²) in [6, 6.07) is 11.5. The van der Waals surface area contributed by atoms with E-state index in [0.717, 1.165) is 17.0 Å². The molecule has 0 spiro atoms. The number of aryl methyl sites for hydroxylation is 2. The van der Waals surface area contributed by atoms with Gasteiger partial charge in [-0.05, 0) is 33.8 Å². The monoisotopic (exact) mass is 445 g/mol. The molecule has 0 saturated carbocycles. The van der Waals surface area contributed by atoms with Gasteiger partial charge in [-0.2, -0.15) is 10.2 Å². The first-order valence-corrected chi connectivity index (χ1v) is 10.8. The Bertz CT molecular complexity index is 1340. The fourth-order valence-corrected chi connectivity index (χ4v) is 3.73. The third-order valence-corrected chi connectivity index (χ3v) is 5.55. The van der Waals surface area contributed by atoms with Crippen molar-refractivity contribution >= 4 is 28.5 Å². The van der Waals surface area contributed by atoms with Crippen molar-refractivity contribution in [2.24, 2.45) is 7.05 Å². The summed E-state index contributed by atoms with van der Waals surface area (Å²) < 4.78 is 3.49. The van der Waals surface area contributed by atoms with Gasteiger partial charge in [-0.1, -0.05) is 30.3 Å². The first kappa shape index (κ1) is 22.2. The van der Waals surface area contributed by atoms with E-state index in [1.54, 1.807) is 21.6 Å². The number of nitrogens with one attached hydrogen (secondary N) is 2. The lowest BCUT2D eigenvalue weighted by Gasteiger charge is -2.11. The summed E-state index contributed by atoms with van der Waals surface area (Å²) in [7, 11) is 1.82. The summed E-state index contributed by atoms with van der Waals surface area (Å²) in [4.78, 5) is 30.4. The predicted octanol–water partition coefficient (Wildman–Crippen LogP) is 3.40. The van der Waals surface area contributed by atoms with Crippen LogP contribution >= 0.6 is 0 Å². The average molecular weight is 446 g/mol. The van der Waals surface area contributed by atoms with Crippen LogP contribution in [0.25, 0.3) is 22.3 Å². The molecule has 0 atom stereocenters. The van der Waals surface area contributed by atoms with E-state index in [4.69, 9.17) is 4.98 Å². The molecule has 9 heteroatoms. The topological polar surface area (TPSA) is 107 Å². The molecule has 1 aromatic carbocycles. The van der Waals surface area contributed by atoms with Gasteiger partial charge < -0.3 is 10.6 Å². The molecule has 170 valence electrons. The summed E-state index contributed by atoms with van der Waals surface area (Å²) in [6.07, 6.45) is 1.65. The number of fused-ring (bicyclic) bond motifs is 1. The summed E-state index contributed by atoms with van der Waals surface area (Å²) in [5, 5.41) is 14.9. The van der Waals surface area contributed by atoms with Crippen LogP contribution in [0.5, 0.6) is 0 Å². The minimum atomic E-state index is -0.363. The zero-order chi connectivity index (χ0) is 23.7. The number of pyridine rings is 1. The zero-order valence-corrected chi connectivity index (χ0v) is 19.4. The maximum Gasteiger partial charge on any atom is 0.252 e. The lowest BCUT2D eigenvalue weighted by atomic mass is 10.1. The Hall–Kier alpha value is -4.01. The van der Waals surface area contributed by atoms with Crippen molar-refractivity contribution in [2.75, 3.05) is 11.9 Å². The molecule has 3 heterocycles. The number of amides is 2. The molecule has 0 aliphatic heterocycles. The van der Waals surface area contributed by atoms with Crippen LogP contribution in [-0.2, 0) is 11.8 Å². The summed E-state index contributed by atoms with van der Waals surface area (Å²) in [5.41, 5.74) is 4.84. The van der Waals surface area contributed by atoms with Crippen molar-refractivity contribution in [1.29, 1.82) is 0 Å². The van der Waals surface area contributed by atoms with E-state index < -0.39 is 0 Å². The Labute approximate surface area is 191 Å². The quantitative estimate of drug-likeness (QED) is 0.473. The molecule has 4 aromatic rings. The molecule has 0 unspecified atom stereocenters. The summed E-state index contributed by atoms with van der Waals surface area (Å²) in [5.74, 6) is -0.688. The second kappa shape index (κ2) is 8.85. The lowest BCUT2D eigenvalue weighted by Crippen LogP contribution is -2.33. The fourth-order valence-electron chi connectivity index (χ4n) is 3.73. The van der Waals surface area contributed by atoms with Crippen molar-refractivity contribution in [3.63, 3.8) is 0 Å². The lowest BCUT2D eigenvalue weighted by molar-refractivity contribution is -0.115. The maximum atomic E-state index is 13.1. The van der Waals surface area contributed by atoms with Gasteiger partial charge in [0, 0.05) is 18.7 Å². The van der Waals surface area contributed by atoms with E-state index in [2.05, 4.69) is 20.8 Å². The van der Waals surface area contributed by atoms with Crippen molar-refractivity contribution in [3.05, 3.63) is 59.5 Å². The highest BCUT2D eigenvalue weighted by molar-refractivity contribution is 6.08. The van der Waals surface area contributed by atoms with Crippen LogP contribution < -0.4 is 10.6 Å². The van der Waals surface area contributed by atoms with Gasteiger partial charge in [0.15, 0.2) is 5.65 Å². The maximum absolute atomic E-state index is 13.1. The first-order chi connectivity index (χ1) is 15.8. The van der Waals surface area contributed by atoms with E-state index >= 15 is 0 Å². The Morgan fingerprint density at radius 3 is 2.48 bits per heavy atom. The van der Waals surface area contributed by atoms with Crippen molar-refractivity contribution < 1.29 is 9.59 Å². The second-order valence-corrected chi connectivity index (χ2v) is 8.24. The highest BCUT2D eigenvalue weighted by Crippen LogP contribution is 2.26. The minimum Gasteiger partial charge on any atom is -0.343 e. The molecule has 3 aromatic heterocycles. The van der Waals surface area contributed by atoms with Gasteiger partial charge in [-0.3, -0.25) is 14.3 Å². The normalized spacial score (nSPS) is 11.2. The van der Waals surface area contributed by atoms with Gasteiger partial charge in [0.1, 0.15) is 0 Å². The van der Waals surface area contributed by atoms with Gasteiger partial charge >= 0.3 is 0 Å². The number of hydrogen-bond donors (Lipinski definition) is 2. The number of carbonyl (C=O) groups excluding carboxylic acids is 2. The number of hydrogen-bond acceptors (Lipinski definition) is 5. The Kier molecular flexibility index (Phi) is 5.95. The van der Waals surface area contributed by atoms with Crippen molar-refractivity contribution in [2.45, 2.75) is 33.7 Å². The Morgan fingerprint density at radius 1 is 1.12 bits per heavy atom. The van der Waals surface area contributed by atoms with Crippen LogP contribution in [0.1, 0.15) is 41.6 Å². The molecule has 33 heavy (non-hydrogen) atoms. The first-order valence-electron chi connectivity index (χ1n) is 10.8. The predicted molar refractivity (Wildman–Crippen MR) is 127 cm³/mol. The molecule has 4 rings (SSSR count). The van der Waals surface area contributed by atoms with Crippen LogP contribution in [0.2, 0.25) is 0 Å². The van der Waals surface area contributed by atoms with Crippen LogP contribution in [0.4, 0.5) is 5.69 Å². The number of carbonyl (C=O) groups is 2. The largest absolute Gasteiger partial charge is 0.343 e. The molecule has 0 saturated heterocycles. The number of anilines is 1. The molecule has 0 aliphatic rings.